The van der Waals surface area contributed by atoms with E-state index < -0.39 is 0 Å². The van der Waals surface area contributed by atoms with Crippen molar-refractivity contribution in [3.63, 3.8) is 0 Å². The Kier molecular flexibility index (Phi) is 4.08. The molecule has 1 amide bonds. The molecule has 0 fully saturated rings. The Morgan fingerprint density at radius 3 is 3.05 bits per heavy atom. The highest BCUT2D eigenvalue weighted by Crippen LogP contribution is 2.28. The van der Waals surface area contributed by atoms with Crippen molar-refractivity contribution in [3.8, 4) is 0 Å². The molecule has 2 aromatic heterocycles. The molecule has 3 heterocycles. The summed E-state index contributed by atoms with van der Waals surface area (Å²) in [6.45, 7) is 5.07. The van der Waals surface area contributed by atoms with E-state index >= 15 is 0 Å². The van der Waals surface area contributed by atoms with Gasteiger partial charge in [0.2, 0.25) is 0 Å². The number of amides is 1. The van der Waals surface area contributed by atoms with Crippen LogP contribution in [0.15, 0.2) is 23.1 Å². The number of carbonyl (C=O) groups excluding carboxylic acids is 1. The highest BCUT2D eigenvalue weighted by molar-refractivity contribution is 7.15. The van der Waals surface area contributed by atoms with E-state index in [2.05, 4.69) is 22.1 Å². The van der Waals surface area contributed by atoms with Crippen LogP contribution in [0.5, 0.6) is 0 Å². The number of aryl methyl sites for hydroxylation is 1. The number of likely N-dealkylation sites (N-methyl/N-ethyl adjacent to an activating group) is 1. The van der Waals surface area contributed by atoms with Crippen molar-refractivity contribution in [1.29, 1.82) is 0 Å². The van der Waals surface area contributed by atoms with E-state index in [1.807, 2.05) is 0 Å². The van der Waals surface area contributed by atoms with Gasteiger partial charge in [0.25, 0.3) is 11.5 Å². The van der Waals surface area contributed by atoms with Crippen LogP contribution < -0.4 is 10.9 Å². The number of fused-ring (bicyclic) bond motifs is 1. The lowest BCUT2D eigenvalue weighted by molar-refractivity contribution is 0.102. The van der Waals surface area contributed by atoms with Gasteiger partial charge in [0.1, 0.15) is 0 Å². The minimum absolute atomic E-state index is 0.204. The number of hydrogen-bond acceptors (Lipinski definition) is 5. The van der Waals surface area contributed by atoms with E-state index in [0.717, 1.165) is 31.7 Å². The van der Waals surface area contributed by atoms with Gasteiger partial charge in [0.05, 0.1) is 5.69 Å². The van der Waals surface area contributed by atoms with E-state index in [1.165, 1.54) is 26.8 Å². The molecule has 0 saturated heterocycles. The molecule has 22 heavy (non-hydrogen) atoms. The van der Waals surface area contributed by atoms with Gasteiger partial charge in [-0.25, -0.2) is 4.98 Å². The second-order valence-electron chi connectivity index (χ2n) is 5.33. The number of pyridine rings is 1. The van der Waals surface area contributed by atoms with E-state index in [4.69, 9.17) is 0 Å². The van der Waals surface area contributed by atoms with Crippen molar-refractivity contribution in [3.05, 3.63) is 44.8 Å². The number of nitrogens with zero attached hydrogens (tertiary/aromatic N) is 3. The Morgan fingerprint density at radius 1 is 1.50 bits per heavy atom. The number of carbonyl (C=O) groups is 1. The SMILES string of the molecule is CCN1CCc2nc(NC(=O)c3ccn(C)c(=O)c3)sc2C1. The lowest BCUT2D eigenvalue weighted by Crippen LogP contribution is -2.29. The van der Waals surface area contributed by atoms with Gasteiger partial charge >= 0.3 is 0 Å². The van der Waals surface area contributed by atoms with Crippen molar-refractivity contribution >= 4 is 22.4 Å². The summed E-state index contributed by atoms with van der Waals surface area (Å²) < 4.78 is 1.43. The highest BCUT2D eigenvalue weighted by Gasteiger charge is 2.20. The minimum Gasteiger partial charge on any atom is -0.319 e. The molecule has 0 spiro atoms. The van der Waals surface area contributed by atoms with Crippen LogP contribution in [0.1, 0.15) is 27.9 Å². The van der Waals surface area contributed by atoms with Gasteiger partial charge in [0.15, 0.2) is 5.13 Å². The molecule has 0 bridgehead atoms. The molecule has 6 nitrogen and oxygen atoms in total. The number of aromatic nitrogens is 2. The first-order valence-corrected chi connectivity index (χ1v) is 8.07. The zero-order valence-corrected chi connectivity index (χ0v) is 13.4. The summed E-state index contributed by atoms with van der Waals surface area (Å²) in [4.78, 5) is 31.9. The van der Waals surface area contributed by atoms with Gasteiger partial charge in [-0.1, -0.05) is 6.92 Å². The van der Waals surface area contributed by atoms with Crippen molar-refractivity contribution < 1.29 is 4.79 Å². The predicted molar refractivity (Wildman–Crippen MR) is 86.4 cm³/mol. The molecule has 0 radical (unpaired) electrons. The minimum atomic E-state index is -0.295. The zero-order valence-electron chi connectivity index (χ0n) is 12.6. The van der Waals surface area contributed by atoms with Crippen LogP contribution in [0.2, 0.25) is 0 Å². The number of rotatable bonds is 3. The summed E-state index contributed by atoms with van der Waals surface area (Å²) in [7, 11) is 1.65. The van der Waals surface area contributed by atoms with Crippen molar-refractivity contribution in [2.75, 3.05) is 18.4 Å². The van der Waals surface area contributed by atoms with Gasteiger partial charge in [-0.2, -0.15) is 0 Å². The summed E-state index contributed by atoms with van der Waals surface area (Å²) in [5.41, 5.74) is 1.23. The molecular formula is C15H18N4O2S. The van der Waals surface area contributed by atoms with Crippen molar-refractivity contribution in [2.24, 2.45) is 7.05 Å². The quantitative estimate of drug-likeness (QED) is 0.931. The largest absolute Gasteiger partial charge is 0.319 e. The number of anilines is 1. The van der Waals surface area contributed by atoms with E-state index in [0.29, 0.717) is 10.7 Å². The van der Waals surface area contributed by atoms with Gasteiger partial charge in [-0.3, -0.25) is 19.8 Å². The first-order valence-electron chi connectivity index (χ1n) is 7.25. The topological polar surface area (TPSA) is 67.2 Å². The standard InChI is InChI=1S/C15H18N4O2S/c1-3-19-7-5-11-12(9-19)22-15(16-11)17-14(21)10-4-6-18(2)13(20)8-10/h4,6,8H,3,5,7,9H2,1-2H3,(H,16,17,21). The molecule has 1 N–H and O–H groups in total. The monoisotopic (exact) mass is 318 g/mol. The number of nitrogens with one attached hydrogen (secondary N) is 1. The molecule has 116 valence electrons. The van der Waals surface area contributed by atoms with E-state index in [-0.39, 0.29) is 11.5 Å². The first-order chi connectivity index (χ1) is 10.6. The molecule has 0 aliphatic carbocycles. The van der Waals surface area contributed by atoms with Crippen molar-refractivity contribution in [1.82, 2.24) is 14.5 Å². The molecule has 1 aliphatic rings. The molecule has 0 atom stereocenters. The summed E-state index contributed by atoms with van der Waals surface area (Å²) >= 11 is 1.52. The maximum absolute atomic E-state index is 12.2. The third-order valence-corrected chi connectivity index (χ3v) is 4.84. The van der Waals surface area contributed by atoms with Gasteiger partial charge in [0, 0.05) is 49.3 Å². The molecule has 0 unspecified atom stereocenters. The fourth-order valence-corrected chi connectivity index (χ4v) is 3.48. The first kappa shape index (κ1) is 14.9. The number of hydrogen-bond donors (Lipinski definition) is 1. The van der Waals surface area contributed by atoms with Crippen LogP contribution in [0.4, 0.5) is 5.13 Å². The van der Waals surface area contributed by atoms with Crippen LogP contribution in [-0.2, 0) is 20.0 Å². The zero-order chi connectivity index (χ0) is 15.7. The van der Waals surface area contributed by atoms with Crippen LogP contribution in [0.3, 0.4) is 0 Å². The molecule has 3 rings (SSSR count). The Balaban J connectivity index is 1.76. The van der Waals surface area contributed by atoms with E-state index in [1.54, 1.807) is 19.3 Å². The molecule has 0 saturated carbocycles. The third kappa shape index (κ3) is 2.95. The van der Waals surface area contributed by atoms with Gasteiger partial charge in [-0.05, 0) is 12.6 Å². The normalized spacial score (nSPS) is 14.6. The van der Waals surface area contributed by atoms with Gasteiger partial charge < -0.3 is 4.57 Å². The molecule has 7 heteroatoms. The lowest BCUT2D eigenvalue weighted by atomic mass is 10.2. The maximum Gasteiger partial charge on any atom is 0.257 e. The lowest BCUT2D eigenvalue weighted by Gasteiger charge is -2.23. The summed E-state index contributed by atoms with van der Waals surface area (Å²) in [5, 5.41) is 3.40. The maximum atomic E-state index is 12.2. The van der Waals surface area contributed by atoms with Crippen LogP contribution in [0, 0.1) is 0 Å². The molecular weight excluding hydrogens is 300 g/mol. The average molecular weight is 318 g/mol. The second-order valence-corrected chi connectivity index (χ2v) is 6.41. The Morgan fingerprint density at radius 2 is 2.32 bits per heavy atom. The fourth-order valence-electron chi connectivity index (χ4n) is 2.43. The van der Waals surface area contributed by atoms with Crippen LogP contribution >= 0.6 is 11.3 Å². The molecule has 2 aromatic rings. The third-order valence-electron chi connectivity index (χ3n) is 3.84. The van der Waals surface area contributed by atoms with Crippen molar-refractivity contribution in [2.45, 2.75) is 19.9 Å². The Hall–Kier alpha value is -1.99. The van der Waals surface area contributed by atoms with Crippen LogP contribution in [-0.4, -0.2) is 33.4 Å². The predicted octanol–water partition coefficient (Wildman–Crippen LogP) is 1.47. The van der Waals surface area contributed by atoms with Gasteiger partial charge in [-0.15, -0.1) is 11.3 Å². The molecule has 1 aliphatic heterocycles. The smallest absolute Gasteiger partial charge is 0.257 e. The Labute approximate surface area is 132 Å². The summed E-state index contributed by atoms with van der Waals surface area (Å²) in [6.07, 6.45) is 2.50. The summed E-state index contributed by atoms with van der Waals surface area (Å²) in [6, 6.07) is 2.96. The molecule has 0 aromatic carbocycles. The average Bonchev–Trinajstić information content (AvgIpc) is 2.90. The Bertz CT molecular complexity index is 765. The highest BCUT2D eigenvalue weighted by atomic mass is 32.1. The second kappa shape index (κ2) is 6.02. The number of thiazole rings is 1. The fraction of sp³-hybridized carbons (Fsp3) is 0.400. The van der Waals surface area contributed by atoms with E-state index in [9.17, 15) is 9.59 Å². The van der Waals surface area contributed by atoms with Crippen LogP contribution in [0.25, 0.3) is 0 Å². The summed E-state index contributed by atoms with van der Waals surface area (Å²) in [5.74, 6) is -0.295.